The quantitative estimate of drug-likeness (QED) is 0.183. The molecule has 0 aliphatic rings. The van der Waals surface area contributed by atoms with Gasteiger partial charge < -0.3 is 10.4 Å². The summed E-state index contributed by atoms with van der Waals surface area (Å²) in [5.74, 6) is -0.285. The molecular formula is C22H16Cl2F3N2OS+. The average molecular weight is 484 g/mol. The van der Waals surface area contributed by atoms with Crippen molar-refractivity contribution < 1.29 is 22.8 Å². The van der Waals surface area contributed by atoms with E-state index in [2.05, 4.69) is 5.32 Å². The SMILES string of the molecule is Cc1ccc[n+](C(C(=S)Nc2cccc(C(F)(F)F)c2)=C(O)c2cc(Cl)ccc2Cl)c1. The van der Waals surface area contributed by atoms with E-state index >= 15 is 0 Å². The highest BCUT2D eigenvalue weighted by molar-refractivity contribution is 7.81. The van der Waals surface area contributed by atoms with Crippen LogP contribution in [0.2, 0.25) is 10.0 Å². The van der Waals surface area contributed by atoms with Gasteiger partial charge in [0.2, 0.25) is 5.76 Å². The molecule has 3 nitrogen and oxygen atoms in total. The number of alkyl halides is 3. The molecule has 0 bridgehead atoms. The van der Waals surface area contributed by atoms with Crippen LogP contribution in [0.4, 0.5) is 18.9 Å². The summed E-state index contributed by atoms with van der Waals surface area (Å²) in [7, 11) is 0. The van der Waals surface area contributed by atoms with Gasteiger partial charge in [-0.3, -0.25) is 0 Å². The van der Waals surface area contributed by atoms with E-state index in [0.717, 1.165) is 17.7 Å². The number of hydrogen-bond acceptors (Lipinski definition) is 2. The third kappa shape index (κ3) is 5.55. The molecule has 0 unspecified atom stereocenters. The number of aryl methyl sites for hydroxylation is 1. The molecule has 2 N–H and O–H groups in total. The number of halogens is 5. The zero-order chi connectivity index (χ0) is 22.8. The molecule has 0 radical (unpaired) electrons. The molecule has 0 saturated heterocycles. The molecule has 9 heteroatoms. The average Bonchev–Trinajstić information content (AvgIpc) is 2.69. The predicted molar refractivity (Wildman–Crippen MR) is 121 cm³/mol. The number of pyridine rings is 1. The fraction of sp³-hybridized carbons (Fsp3) is 0.0909. The lowest BCUT2D eigenvalue weighted by Crippen LogP contribution is -2.38. The Balaban J connectivity index is 2.11. The lowest BCUT2D eigenvalue weighted by atomic mass is 10.1. The van der Waals surface area contributed by atoms with Crippen molar-refractivity contribution in [3.63, 3.8) is 0 Å². The highest BCUT2D eigenvalue weighted by atomic mass is 35.5. The Morgan fingerprint density at radius 3 is 2.48 bits per heavy atom. The maximum absolute atomic E-state index is 13.1. The van der Waals surface area contributed by atoms with Gasteiger partial charge in [-0.25, -0.2) is 0 Å². The number of rotatable bonds is 4. The van der Waals surface area contributed by atoms with E-state index in [-0.39, 0.29) is 32.7 Å². The first-order valence-corrected chi connectivity index (χ1v) is 10.1. The van der Waals surface area contributed by atoms with Crippen LogP contribution in [-0.4, -0.2) is 10.1 Å². The van der Waals surface area contributed by atoms with Gasteiger partial charge in [-0.15, -0.1) is 0 Å². The highest BCUT2D eigenvalue weighted by Crippen LogP contribution is 2.32. The minimum Gasteiger partial charge on any atom is -0.502 e. The Hall–Kier alpha value is -2.61. The van der Waals surface area contributed by atoms with Gasteiger partial charge in [0.05, 0.1) is 10.6 Å². The molecule has 0 spiro atoms. The number of aromatic nitrogens is 1. The van der Waals surface area contributed by atoms with Gasteiger partial charge in [0, 0.05) is 27.9 Å². The Labute approximate surface area is 192 Å². The number of nitrogens with one attached hydrogen (secondary N) is 1. The third-order valence-electron chi connectivity index (χ3n) is 4.28. The van der Waals surface area contributed by atoms with Crippen LogP contribution in [0.25, 0.3) is 11.5 Å². The predicted octanol–water partition coefficient (Wildman–Crippen LogP) is 6.93. The summed E-state index contributed by atoms with van der Waals surface area (Å²) in [6.45, 7) is 1.85. The summed E-state index contributed by atoms with van der Waals surface area (Å²) in [4.78, 5) is -0.0107. The minimum atomic E-state index is -4.50. The van der Waals surface area contributed by atoms with Gasteiger partial charge in [-0.05, 0) is 49.4 Å². The van der Waals surface area contributed by atoms with E-state index in [9.17, 15) is 18.3 Å². The van der Waals surface area contributed by atoms with Crippen LogP contribution in [0.3, 0.4) is 0 Å². The van der Waals surface area contributed by atoms with E-state index in [1.54, 1.807) is 29.1 Å². The molecule has 0 fully saturated rings. The largest absolute Gasteiger partial charge is 0.502 e. The molecule has 0 aliphatic carbocycles. The van der Waals surface area contributed by atoms with Crippen LogP contribution >= 0.6 is 35.4 Å². The number of aliphatic hydroxyl groups excluding tert-OH is 1. The Morgan fingerprint density at radius 1 is 1.06 bits per heavy atom. The van der Waals surface area contributed by atoms with Gasteiger partial charge in [0.25, 0.3) is 5.70 Å². The van der Waals surface area contributed by atoms with Gasteiger partial charge in [0.15, 0.2) is 17.4 Å². The van der Waals surface area contributed by atoms with Crippen molar-refractivity contribution in [2.24, 2.45) is 0 Å². The second-order valence-corrected chi connectivity index (χ2v) is 7.89. The standard InChI is InChI=1S/C22H15Cl2F3N2OS/c1-13-4-3-9-29(12-13)19(20(30)17-11-15(23)7-8-18(17)24)21(31)28-16-6-2-5-14(10-16)22(25,26)27/h2-12H,1H3,(H-,28,30,31)/p+1. The number of anilines is 1. The van der Waals surface area contributed by atoms with E-state index in [1.807, 2.05) is 13.0 Å². The van der Waals surface area contributed by atoms with Crippen LogP contribution in [0.15, 0.2) is 67.0 Å². The fourth-order valence-corrected chi connectivity index (χ4v) is 3.55. The number of aliphatic hydroxyl groups is 1. The molecule has 1 heterocycles. The summed E-state index contributed by atoms with van der Waals surface area (Å²) in [5, 5.41) is 14.4. The molecule has 2 aromatic carbocycles. The van der Waals surface area contributed by atoms with Gasteiger partial charge >= 0.3 is 6.18 Å². The van der Waals surface area contributed by atoms with Crippen LogP contribution < -0.4 is 9.88 Å². The summed E-state index contributed by atoms with van der Waals surface area (Å²) >= 11 is 17.8. The number of benzene rings is 2. The van der Waals surface area contributed by atoms with E-state index in [1.165, 1.54) is 24.3 Å². The van der Waals surface area contributed by atoms with Gasteiger partial charge in [0.1, 0.15) is 0 Å². The Morgan fingerprint density at radius 2 is 1.81 bits per heavy atom. The normalized spacial score (nSPS) is 12.3. The lowest BCUT2D eigenvalue weighted by molar-refractivity contribution is -0.576. The van der Waals surface area contributed by atoms with Gasteiger partial charge in [-0.2, -0.15) is 17.7 Å². The molecule has 3 aromatic rings. The monoisotopic (exact) mass is 483 g/mol. The zero-order valence-corrected chi connectivity index (χ0v) is 18.4. The highest BCUT2D eigenvalue weighted by Gasteiger charge is 2.31. The molecule has 160 valence electrons. The number of nitrogens with zero attached hydrogens (tertiary/aromatic N) is 1. The molecule has 0 amide bonds. The molecule has 0 atom stereocenters. The van der Waals surface area contributed by atoms with E-state index in [0.29, 0.717) is 5.02 Å². The van der Waals surface area contributed by atoms with Crippen molar-refractivity contribution in [1.29, 1.82) is 0 Å². The molecule has 31 heavy (non-hydrogen) atoms. The van der Waals surface area contributed by atoms with Gasteiger partial charge in [-0.1, -0.05) is 41.5 Å². The summed E-state index contributed by atoms with van der Waals surface area (Å²) in [6.07, 6.45) is -1.14. The Kier molecular flexibility index (Phi) is 6.89. The smallest absolute Gasteiger partial charge is 0.416 e. The number of hydrogen-bond donors (Lipinski definition) is 2. The maximum atomic E-state index is 13.1. The second kappa shape index (κ2) is 9.26. The van der Waals surface area contributed by atoms with Crippen molar-refractivity contribution in [2.45, 2.75) is 13.1 Å². The third-order valence-corrected chi connectivity index (χ3v) is 5.14. The molecule has 0 aliphatic heterocycles. The molecule has 3 rings (SSSR count). The minimum absolute atomic E-state index is 0.0107. The molecule has 0 saturated carbocycles. The second-order valence-electron chi connectivity index (χ2n) is 6.64. The van der Waals surface area contributed by atoms with Crippen molar-refractivity contribution >= 4 is 57.6 Å². The first-order valence-electron chi connectivity index (χ1n) is 8.92. The lowest BCUT2D eigenvalue weighted by Gasteiger charge is -2.13. The van der Waals surface area contributed by atoms with Crippen LogP contribution in [0.1, 0.15) is 16.7 Å². The topological polar surface area (TPSA) is 36.1 Å². The first kappa shape index (κ1) is 23.1. The molecule has 1 aromatic heterocycles. The van der Waals surface area contributed by atoms with Crippen molar-refractivity contribution in [2.75, 3.05) is 5.32 Å². The summed E-state index contributed by atoms with van der Waals surface area (Å²) in [5.41, 5.74) is 0.519. The zero-order valence-electron chi connectivity index (χ0n) is 16.0. The van der Waals surface area contributed by atoms with Crippen molar-refractivity contribution in [3.8, 4) is 0 Å². The number of thiocarbonyl (C=S) groups is 1. The maximum Gasteiger partial charge on any atom is 0.416 e. The first-order chi connectivity index (χ1) is 14.6. The Bertz CT molecular complexity index is 1180. The van der Waals surface area contributed by atoms with Crippen LogP contribution in [0.5, 0.6) is 0 Å². The van der Waals surface area contributed by atoms with E-state index in [4.69, 9.17) is 35.4 Å². The van der Waals surface area contributed by atoms with Crippen LogP contribution in [-0.2, 0) is 6.18 Å². The summed E-state index contributed by atoms with van der Waals surface area (Å²) < 4.78 is 40.8. The van der Waals surface area contributed by atoms with Crippen LogP contribution in [0, 0.1) is 6.92 Å². The van der Waals surface area contributed by atoms with Crippen molar-refractivity contribution in [3.05, 3.63) is 93.7 Å². The van der Waals surface area contributed by atoms with E-state index < -0.39 is 11.7 Å². The molecular weight excluding hydrogens is 468 g/mol. The van der Waals surface area contributed by atoms with Crippen molar-refractivity contribution in [1.82, 2.24) is 0 Å². The summed E-state index contributed by atoms with van der Waals surface area (Å²) in [6, 6.07) is 12.8. The fourth-order valence-electron chi connectivity index (χ4n) is 2.85.